The normalized spacial score (nSPS) is 20.8. The molecule has 7 aromatic rings. The van der Waals surface area contributed by atoms with Gasteiger partial charge in [0.25, 0.3) is 0 Å². The number of benzene rings is 7. The van der Waals surface area contributed by atoms with Crippen LogP contribution in [-0.2, 0) is 166 Å². The number of ether oxygens (including phenoxy) is 22. The van der Waals surface area contributed by atoms with Gasteiger partial charge in [0.2, 0.25) is 27.2 Å². The van der Waals surface area contributed by atoms with Gasteiger partial charge in [-0.1, -0.05) is 73.7 Å². The van der Waals surface area contributed by atoms with Crippen LogP contribution >= 0.6 is 0 Å². The number of hydrogen-bond acceptors (Lipinski definition) is 30. The number of esters is 6. The maximum Gasteiger partial charge on any atom is 0.337 e. The molecule has 8 atom stereocenters. The Hall–Kier alpha value is -14.2. The fourth-order valence-electron chi connectivity index (χ4n) is 18.7. The van der Waals surface area contributed by atoms with E-state index in [0.717, 1.165) is 175 Å². The van der Waals surface area contributed by atoms with Crippen LogP contribution in [0.4, 0.5) is 0 Å². The Kier molecular flexibility index (Phi) is 37.4. The Balaban J connectivity index is 0.000000132. The van der Waals surface area contributed by atoms with E-state index in [4.69, 9.17) is 104 Å². The molecule has 142 heavy (non-hydrogen) atoms. The number of cyclic esters (lactones) is 6. The second-order valence-corrected chi connectivity index (χ2v) is 36.3. The van der Waals surface area contributed by atoms with Crippen LogP contribution in [0.2, 0.25) is 0 Å². The average molecular weight is 1950 g/mol. The molecule has 0 saturated carbocycles. The third kappa shape index (κ3) is 29.9. The van der Waals surface area contributed by atoms with Crippen molar-refractivity contribution in [3.63, 3.8) is 0 Å². The number of aromatic hydroxyl groups is 1. The minimum Gasteiger partial charge on any atom is -0.504 e. The van der Waals surface area contributed by atoms with Gasteiger partial charge < -0.3 is 109 Å². The molecule has 0 radical (unpaired) electrons. The van der Waals surface area contributed by atoms with E-state index in [1.54, 1.807) is 80.5 Å². The molecule has 30 nitrogen and oxygen atoms in total. The molecule has 1 N–H and O–H groups in total. The maximum atomic E-state index is 11.7. The summed E-state index contributed by atoms with van der Waals surface area (Å²) in [6, 6.07) is 42.6. The summed E-state index contributed by atoms with van der Waals surface area (Å²) in [6.07, 6.45) is 31.7. The van der Waals surface area contributed by atoms with Crippen molar-refractivity contribution in [1.29, 1.82) is 0 Å². The first kappa shape index (κ1) is 104. The lowest BCUT2D eigenvalue weighted by molar-refractivity contribution is -0.149. The van der Waals surface area contributed by atoms with E-state index in [1.807, 2.05) is 85.8 Å². The highest BCUT2D eigenvalue weighted by Gasteiger charge is 2.34. The zero-order valence-corrected chi connectivity index (χ0v) is 82.4. The third-order valence-corrected chi connectivity index (χ3v) is 26.7. The zero-order valence-electron chi connectivity index (χ0n) is 82.4. The molecule has 10 heterocycles. The van der Waals surface area contributed by atoms with Crippen LogP contribution in [0.3, 0.4) is 0 Å². The van der Waals surface area contributed by atoms with Crippen LogP contribution in [0.1, 0.15) is 178 Å². The molecule has 0 spiro atoms. The first-order valence-corrected chi connectivity index (χ1v) is 48.5. The topological polar surface area (TPSA) is 343 Å². The van der Waals surface area contributed by atoms with Crippen LogP contribution in [0.5, 0.6) is 57.5 Å². The largest absolute Gasteiger partial charge is 0.504 e. The van der Waals surface area contributed by atoms with Crippen molar-refractivity contribution in [2.24, 2.45) is 11.8 Å². The lowest BCUT2D eigenvalue weighted by atomic mass is 9.87. The summed E-state index contributed by atoms with van der Waals surface area (Å²) < 4.78 is 116. The van der Waals surface area contributed by atoms with E-state index in [0.29, 0.717) is 91.6 Å². The number of hydrogen-bond donors (Lipinski definition) is 1. The molecule has 10 aliphatic heterocycles. The number of rotatable bonds is 29. The second kappa shape index (κ2) is 51.3. The van der Waals surface area contributed by atoms with Gasteiger partial charge in [-0.15, -0.1) is 0 Å². The Bertz CT molecular complexity index is 5440. The number of ketones is 1. The Morgan fingerprint density at radius 2 is 0.634 bits per heavy atom. The minimum atomic E-state index is -0.365. The lowest BCUT2D eigenvalue weighted by Crippen LogP contribution is -2.31. The number of phenolic OH excluding ortho intramolecular Hbond substituents is 1. The fourth-order valence-corrected chi connectivity index (χ4v) is 18.7. The van der Waals surface area contributed by atoms with E-state index in [2.05, 4.69) is 36.4 Å². The van der Waals surface area contributed by atoms with E-state index in [9.17, 15) is 38.7 Å². The molecule has 0 bridgehead atoms. The van der Waals surface area contributed by atoms with Crippen LogP contribution < -0.4 is 42.6 Å². The van der Waals surface area contributed by atoms with Gasteiger partial charge in [-0.3, -0.25) is 4.79 Å². The first-order chi connectivity index (χ1) is 68.9. The molecule has 7 aromatic carbocycles. The quantitative estimate of drug-likeness (QED) is 0.0336. The van der Waals surface area contributed by atoms with Crippen molar-refractivity contribution in [2.75, 3.05) is 84.1 Å². The third-order valence-electron chi connectivity index (χ3n) is 26.7. The van der Waals surface area contributed by atoms with Crippen molar-refractivity contribution in [2.45, 2.75) is 224 Å². The number of phenols is 1. The predicted octanol–water partition coefficient (Wildman–Crippen LogP) is 18.2. The molecule has 3 aliphatic carbocycles. The van der Waals surface area contributed by atoms with Gasteiger partial charge >= 0.3 is 35.8 Å². The highest BCUT2D eigenvalue weighted by molar-refractivity contribution is 5.91. The predicted molar refractivity (Wildman–Crippen MR) is 520 cm³/mol. The average Bonchev–Trinajstić information content (AvgIpc) is 1.85. The number of carbonyl (C=O) groups excluding carboxylic acids is 7. The van der Waals surface area contributed by atoms with Gasteiger partial charge in [0.1, 0.15) is 71.2 Å². The number of allylic oxidation sites excluding steroid dienone is 2. The van der Waals surface area contributed by atoms with Crippen molar-refractivity contribution in [3.05, 3.63) is 271 Å². The van der Waals surface area contributed by atoms with E-state index >= 15 is 0 Å². The molecule has 0 saturated heterocycles. The number of methoxy groups -OCH3 is 8. The van der Waals surface area contributed by atoms with E-state index in [1.165, 1.54) is 104 Å². The smallest absolute Gasteiger partial charge is 0.337 e. The van der Waals surface area contributed by atoms with Crippen molar-refractivity contribution >= 4 is 41.6 Å². The Morgan fingerprint density at radius 3 is 1.01 bits per heavy atom. The molecule has 7 unspecified atom stereocenters. The van der Waals surface area contributed by atoms with Crippen LogP contribution in [0.25, 0.3) is 0 Å². The van der Waals surface area contributed by atoms with Gasteiger partial charge in [-0.2, -0.15) is 0 Å². The van der Waals surface area contributed by atoms with Gasteiger partial charge in [-0.25, -0.2) is 28.8 Å². The molecular weight excluding hydrogens is 1830 g/mol. The molecule has 756 valence electrons. The second-order valence-electron chi connectivity index (χ2n) is 36.3. The van der Waals surface area contributed by atoms with Crippen LogP contribution in [0, 0.1) is 11.8 Å². The molecule has 30 heteroatoms. The summed E-state index contributed by atoms with van der Waals surface area (Å²) in [5.74, 6) is 10.6. The molecule has 13 aliphatic rings. The summed E-state index contributed by atoms with van der Waals surface area (Å²) in [4.78, 5) is 80.5. The summed E-state index contributed by atoms with van der Waals surface area (Å²) in [6.45, 7) is 4.85. The van der Waals surface area contributed by atoms with Crippen LogP contribution in [-0.4, -0.2) is 167 Å². The van der Waals surface area contributed by atoms with Crippen molar-refractivity contribution in [1.82, 2.24) is 0 Å². The fraction of sp³-hybridized carbons (Fsp3) is 0.438. The Labute approximate surface area is 828 Å². The van der Waals surface area contributed by atoms with E-state index in [-0.39, 0.29) is 117 Å². The summed E-state index contributed by atoms with van der Waals surface area (Å²) in [5.41, 5.74) is 14.9. The lowest BCUT2D eigenvalue weighted by Gasteiger charge is -2.28. The van der Waals surface area contributed by atoms with Gasteiger partial charge in [0.15, 0.2) is 63.3 Å². The molecule has 0 aromatic heterocycles. The highest BCUT2D eigenvalue weighted by Crippen LogP contribution is 2.41. The van der Waals surface area contributed by atoms with Crippen molar-refractivity contribution in [3.8, 4) is 57.5 Å². The van der Waals surface area contributed by atoms with Gasteiger partial charge in [0.05, 0.1) is 105 Å². The highest BCUT2D eigenvalue weighted by atomic mass is 16.7. The van der Waals surface area contributed by atoms with Gasteiger partial charge in [-0.05, 0) is 263 Å². The first-order valence-electron chi connectivity index (χ1n) is 48.5. The number of aryl methyl sites for hydroxylation is 11. The Morgan fingerprint density at radius 1 is 0.303 bits per heavy atom. The molecule has 20 rings (SSSR count). The van der Waals surface area contributed by atoms with Crippen molar-refractivity contribution < 1.29 is 143 Å². The van der Waals surface area contributed by atoms with Gasteiger partial charge in [0, 0.05) is 51.0 Å². The maximum absolute atomic E-state index is 11.7. The number of carbonyl (C=O) groups is 7. The molecule has 0 amide bonds. The summed E-state index contributed by atoms with van der Waals surface area (Å²) in [7, 11) is 12.6. The summed E-state index contributed by atoms with van der Waals surface area (Å²) in [5, 5.41) is 9.71. The standard InChI is InChI=1S/C18H22O2.C17H20O3.2C16H18O5.2C15H16O5.C15H18O5/c1-20-18-11-14(10-17(19)12-18)6-5-13-7-8-15-3-2-4-16(15)9-13;1-19-16-10-15(20-17(18)11-16)8-6-12-5-7-13-3-2-4-14(13)9-12;1-10-12(21-16(17)8-14(10)18-2)5-3-11-4-6-13-15(7-11)20-9-19-13;1-10-14(18-2)8-12(21-16(10)17)5-3-11-4-6-13-15(7-11)20-9-19-13;2*1-17-12-7-11(20-15(16)8-12)4-2-10-3-5-13-14(6-10)19-9-18-13;1-18-12-8-11(20-15(17)9-12)5-3-10-4-6-14(19-2)13(16)7-10/h7-9,12,14H,2-6,10-11H2,1H3;5,7,9,11,15H,2-4,6,8,10H2,1H3;4,6-8,10,12H,3,5,9H2,1-2H3;4,6-7,12H,3,5,8-9H2,1-2H3;2*3,5-6,8,11H,2,4,7,9H2,1H3;4,6-7,9,11,16H,3,5,8H2,1-2H3/t;;;;11-;;/m....1../s1. The summed E-state index contributed by atoms with van der Waals surface area (Å²) >= 11 is 0. The monoisotopic (exact) mass is 1950 g/mol. The van der Waals surface area contributed by atoms with Crippen LogP contribution in [0.15, 0.2) is 210 Å². The minimum absolute atomic E-state index is 0.0595. The molecule has 0 fully saturated rings. The zero-order chi connectivity index (χ0) is 100.0. The SMILES string of the molecule is COC1=C(C)C(=O)OC(CCc2ccc3c(c2)OCO3)C1.COC1=CC(=O)CC(CCc2ccc3c(c2)CCC3)C1.COC1=CC(=O)OC(CCc2ccc(OC)c(O)c2)C1.COC1=CC(=O)OC(CCc2ccc3c(c2)CCC3)C1.COC1=CC(=O)OC(CCc2ccc3c(c2)OCO3)C1.COC1=CC(=O)OC(CCc2ccc3c(c2)OCO3)C1C.COC1=CC(=O)O[C@H](CCc2ccc3c(c2)OCO3)C1. The number of fused-ring (bicyclic) bond motifs is 6. The van der Waals surface area contributed by atoms with E-state index < -0.39 is 0 Å². The molecular formula is C112H128O30.